The molecule has 3 amide bonds. The topological polar surface area (TPSA) is 96.5 Å². The number of carbonyl (C=O) groups excluding carboxylic acids is 3. The zero-order chi connectivity index (χ0) is 22.1. The van der Waals surface area contributed by atoms with Crippen molar-refractivity contribution in [1.29, 1.82) is 0 Å². The van der Waals surface area contributed by atoms with Crippen LogP contribution in [-0.2, 0) is 9.59 Å². The number of hydrogen-bond donors (Lipinski definition) is 3. The molecule has 0 aliphatic carbocycles. The van der Waals surface area contributed by atoms with Gasteiger partial charge in [0.2, 0.25) is 5.91 Å². The van der Waals surface area contributed by atoms with Gasteiger partial charge in [0.25, 0.3) is 11.8 Å². The molecule has 0 bridgehead atoms. The van der Waals surface area contributed by atoms with E-state index in [0.717, 1.165) is 12.0 Å². The van der Waals surface area contributed by atoms with Gasteiger partial charge in [-0.2, -0.15) is 0 Å². The van der Waals surface area contributed by atoms with Gasteiger partial charge in [0.15, 0.2) is 6.61 Å². The molecule has 0 fully saturated rings. The van der Waals surface area contributed by atoms with Crippen LogP contribution in [0.15, 0.2) is 48.5 Å². The quantitative estimate of drug-likeness (QED) is 0.578. The number of amides is 3. The molecule has 3 N–H and O–H groups in total. The molecule has 160 valence electrons. The fourth-order valence-electron chi connectivity index (χ4n) is 2.61. The summed E-state index contributed by atoms with van der Waals surface area (Å²) in [6.45, 7) is 7.57. The Bertz CT molecular complexity index is 878. The molecule has 0 aliphatic heterocycles. The number of ether oxygens (including phenoxy) is 1. The lowest BCUT2D eigenvalue weighted by Gasteiger charge is -2.15. The third-order valence-corrected chi connectivity index (χ3v) is 4.68. The smallest absolute Gasteiger partial charge is 0.276 e. The van der Waals surface area contributed by atoms with Gasteiger partial charge in [-0.3, -0.25) is 25.2 Å². The molecule has 0 radical (unpaired) electrons. The van der Waals surface area contributed by atoms with E-state index in [1.54, 1.807) is 38.1 Å². The van der Waals surface area contributed by atoms with E-state index in [-0.39, 0.29) is 18.4 Å². The minimum absolute atomic E-state index is 0.102. The van der Waals surface area contributed by atoms with Crippen LogP contribution in [0.3, 0.4) is 0 Å². The van der Waals surface area contributed by atoms with Crippen molar-refractivity contribution in [2.45, 2.75) is 40.0 Å². The van der Waals surface area contributed by atoms with Crippen molar-refractivity contribution < 1.29 is 19.1 Å². The van der Waals surface area contributed by atoms with Crippen LogP contribution in [0.4, 0.5) is 5.69 Å². The summed E-state index contributed by atoms with van der Waals surface area (Å²) < 4.78 is 5.63. The first kappa shape index (κ1) is 22.9. The van der Waals surface area contributed by atoms with E-state index >= 15 is 0 Å². The van der Waals surface area contributed by atoms with E-state index < -0.39 is 11.8 Å². The molecular formula is C23H29N3O4. The molecule has 2 aromatic carbocycles. The minimum Gasteiger partial charge on any atom is -0.483 e. The predicted octanol–water partition coefficient (Wildman–Crippen LogP) is 3.63. The summed E-state index contributed by atoms with van der Waals surface area (Å²) in [5.74, 6) is -0.199. The highest BCUT2D eigenvalue weighted by Gasteiger charge is 2.13. The Morgan fingerprint density at radius 1 is 0.933 bits per heavy atom. The Labute approximate surface area is 177 Å². The number of carbonyl (C=O) groups is 3. The third-order valence-electron chi connectivity index (χ3n) is 4.68. The molecule has 0 heterocycles. The molecule has 2 aromatic rings. The molecule has 7 nitrogen and oxygen atoms in total. The van der Waals surface area contributed by atoms with Crippen LogP contribution in [0.5, 0.6) is 5.75 Å². The van der Waals surface area contributed by atoms with Crippen molar-refractivity contribution in [3.63, 3.8) is 0 Å². The van der Waals surface area contributed by atoms with Crippen molar-refractivity contribution >= 4 is 23.4 Å². The summed E-state index contributed by atoms with van der Waals surface area (Å²) in [6.07, 6.45) is 0.961. The molecule has 30 heavy (non-hydrogen) atoms. The van der Waals surface area contributed by atoms with Crippen LogP contribution < -0.4 is 20.9 Å². The lowest BCUT2D eigenvalue weighted by atomic mass is 9.98. The third kappa shape index (κ3) is 6.62. The van der Waals surface area contributed by atoms with Crippen molar-refractivity contribution in [1.82, 2.24) is 10.9 Å². The zero-order valence-corrected chi connectivity index (χ0v) is 17.8. The Kier molecular flexibility index (Phi) is 8.41. The van der Waals surface area contributed by atoms with Gasteiger partial charge in [-0.05, 0) is 48.2 Å². The van der Waals surface area contributed by atoms with Crippen LogP contribution in [0.25, 0.3) is 0 Å². The number of benzene rings is 2. The number of para-hydroxylation sites is 1. The Hall–Kier alpha value is -3.35. The first-order chi connectivity index (χ1) is 14.3. The van der Waals surface area contributed by atoms with Gasteiger partial charge in [0, 0.05) is 17.2 Å². The number of rotatable bonds is 8. The van der Waals surface area contributed by atoms with Gasteiger partial charge in [0.05, 0.1) is 0 Å². The molecule has 0 aliphatic rings. The first-order valence-corrected chi connectivity index (χ1v) is 10.0. The predicted molar refractivity (Wildman–Crippen MR) is 116 cm³/mol. The van der Waals surface area contributed by atoms with Gasteiger partial charge in [-0.15, -0.1) is 0 Å². The number of nitrogens with one attached hydrogen (secondary N) is 3. The van der Waals surface area contributed by atoms with E-state index in [1.807, 2.05) is 24.3 Å². The Balaban J connectivity index is 1.84. The summed E-state index contributed by atoms with van der Waals surface area (Å²) in [5.41, 5.74) is 6.69. The maximum Gasteiger partial charge on any atom is 0.276 e. The van der Waals surface area contributed by atoms with Crippen molar-refractivity contribution in [2.75, 3.05) is 11.9 Å². The fraction of sp³-hybridized carbons (Fsp3) is 0.348. The van der Waals surface area contributed by atoms with E-state index in [0.29, 0.717) is 22.9 Å². The molecule has 0 unspecified atom stereocenters. The van der Waals surface area contributed by atoms with Crippen molar-refractivity contribution in [3.05, 3.63) is 59.7 Å². The van der Waals surface area contributed by atoms with Crippen LogP contribution in [0, 0.1) is 5.92 Å². The van der Waals surface area contributed by atoms with E-state index in [2.05, 4.69) is 30.0 Å². The Morgan fingerprint density at radius 2 is 1.60 bits per heavy atom. The molecule has 1 atom stereocenters. The average molecular weight is 412 g/mol. The van der Waals surface area contributed by atoms with Gasteiger partial charge >= 0.3 is 0 Å². The highest BCUT2D eigenvalue weighted by atomic mass is 16.5. The number of hydrazine groups is 1. The van der Waals surface area contributed by atoms with Crippen LogP contribution in [0.1, 0.15) is 56.0 Å². The van der Waals surface area contributed by atoms with Crippen molar-refractivity contribution in [2.24, 2.45) is 5.92 Å². The molecular weight excluding hydrogens is 382 g/mol. The second-order valence-corrected chi connectivity index (χ2v) is 7.36. The van der Waals surface area contributed by atoms with E-state index in [9.17, 15) is 14.4 Å². The van der Waals surface area contributed by atoms with Crippen LogP contribution in [0.2, 0.25) is 0 Å². The van der Waals surface area contributed by atoms with Crippen LogP contribution in [-0.4, -0.2) is 24.3 Å². The van der Waals surface area contributed by atoms with E-state index in [1.165, 1.54) is 0 Å². The van der Waals surface area contributed by atoms with Gasteiger partial charge in [0.1, 0.15) is 5.75 Å². The highest BCUT2D eigenvalue weighted by molar-refractivity contribution is 5.97. The number of anilines is 1. The summed E-state index contributed by atoms with van der Waals surface area (Å²) in [7, 11) is 0. The van der Waals surface area contributed by atoms with Crippen LogP contribution >= 0.6 is 0 Å². The summed E-state index contributed by atoms with van der Waals surface area (Å²) in [6, 6.07) is 14.0. The molecule has 0 saturated carbocycles. The molecule has 2 rings (SSSR count). The normalized spacial score (nSPS) is 11.5. The van der Waals surface area contributed by atoms with E-state index in [4.69, 9.17) is 4.74 Å². The lowest BCUT2D eigenvalue weighted by molar-refractivity contribution is -0.124. The summed E-state index contributed by atoms with van der Waals surface area (Å²) >= 11 is 0. The van der Waals surface area contributed by atoms with Gasteiger partial charge in [-0.25, -0.2) is 0 Å². The maximum absolute atomic E-state index is 12.2. The summed E-state index contributed by atoms with van der Waals surface area (Å²) in [4.78, 5) is 35.9. The Morgan fingerprint density at radius 3 is 2.23 bits per heavy atom. The largest absolute Gasteiger partial charge is 0.483 e. The second-order valence-electron chi connectivity index (χ2n) is 7.36. The van der Waals surface area contributed by atoms with Gasteiger partial charge in [-0.1, -0.05) is 45.9 Å². The zero-order valence-electron chi connectivity index (χ0n) is 17.8. The lowest BCUT2D eigenvalue weighted by Crippen LogP contribution is -2.43. The highest BCUT2D eigenvalue weighted by Crippen LogP contribution is 2.28. The molecule has 7 heteroatoms. The monoisotopic (exact) mass is 411 g/mol. The average Bonchev–Trinajstić information content (AvgIpc) is 2.76. The summed E-state index contributed by atoms with van der Waals surface area (Å²) in [5, 5.41) is 2.75. The second kappa shape index (κ2) is 11.0. The van der Waals surface area contributed by atoms with Gasteiger partial charge < -0.3 is 10.1 Å². The minimum atomic E-state index is -0.469. The SMILES string of the molecule is CC[C@@H](C)c1ccccc1OCC(=O)NNC(=O)c1ccc(NC(=O)C(C)C)cc1. The first-order valence-electron chi connectivity index (χ1n) is 10.0. The maximum atomic E-state index is 12.2. The standard InChI is InChI=1S/C23H29N3O4/c1-5-16(4)19-8-6-7-9-20(19)30-14-21(27)25-26-23(29)17-10-12-18(13-11-17)24-22(28)15(2)3/h6-13,15-16H,5,14H2,1-4H3,(H,24,28)(H,25,27)(H,26,29)/t16-/m1/s1. The number of hydrogen-bond acceptors (Lipinski definition) is 4. The van der Waals surface area contributed by atoms with Crippen molar-refractivity contribution in [3.8, 4) is 5.75 Å². The molecule has 0 saturated heterocycles. The molecule has 0 aromatic heterocycles. The molecule has 0 spiro atoms. The fourth-order valence-corrected chi connectivity index (χ4v) is 2.61.